The Hall–Kier alpha value is 0.140. The molecule has 0 N–H and O–H groups in total. The van der Waals surface area contributed by atoms with Gasteiger partial charge in [-0.1, -0.05) is 13.8 Å². The fourth-order valence-electron chi connectivity index (χ4n) is 1.56. The van der Waals surface area contributed by atoms with Crippen LogP contribution < -0.4 is 0 Å². The van der Waals surface area contributed by atoms with Gasteiger partial charge in [-0.25, -0.2) is 0 Å². The smallest absolute Gasteiger partial charge is 0.0331 e. The van der Waals surface area contributed by atoms with E-state index in [2.05, 4.69) is 60.0 Å². The molecule has 0 aromatic carbocycles. The Balaban J connectivity index is 2.58. The second-order valence-corrected chi connectivity index (χ2v) is 6.56. The van der Waals surface area contributed by atoms with Crippen molar-refractivity contribution in [2.45, 2.75) is 40.3 Å². The van der Waals surface area contributed by atoms with Crippen molar-refractivity contribution in [3.8, 4) is 0 Å². The molecule has 3 heteroatoms. The second-order valence-electron chi connectivity index (χ2n) is 4.65. The van der Waals surface area contributed by atoms with Gasteiger partial charge in [0.15, 0.2) is 0 Å². The third-order valence-corrected chi connectivity index (χ3v) is 3.99. The lowest BCUT2D eigenvalue weighted by molar-refractivity contribution is 0.191. The maximum atomic E-state index is 3.50. The molecule has 0 saturated heterocycles. The van der Waals surface area contributed by atoms with E-state index in [1.165, 1.54) is 15.9 Å². The first-order chi connectivity index (χ1) is 6.99. The van der Waals surface area contributed by atoms with Crippen LogP contribution in [0.3, 0.4) is 0 Å². The lowest BCUT2D eigenvalue weighted by Crippen LogP contribution is -2.33. The largest absolute Gasteiger partial charge is 0.296 e. The third kappa shape index (κ3) is 4.66. The van der Waals surface area contributed by atoms with E-state index in [1.54, 1.807) is 0 Å². The maximum Gasteiger partial charge on any atom is 0.0331 e. The molecule has 0 amide bonds. The van der Waals surface area contributed by atoms with Gasteiger partial charge in [-0.3, -0.25) is 4.90 Å². The summed E-state index contributed by atoms with van der Waals surface area (Å²) in [6, 6.07) is 2.84. The normalized spacial score (nSPS) is 12.0. The monoisotopic (exact) mass is 289 g/mol. The van der Waals surface area contributed by atoms with Crippen molar-refractivity contribution in [3.63, 3.8) is 0 Å². The molecule has 0 aliphatic heterocycles. The molecule has 1 heterocycles. The summed E-state index contributed by atoms with van der Waals surface area (Å²) >= 11 is 5.34. The minimum atomic E-state index is 0.619. The number of nitrogens with zero attached hydrogens (tertiary/aromatic N) is 1. The van der Waals surface area contributed by atoms with Gasteiger partial charge in [0, 0.05) is 33.9 Å². The third-order valence-electron chi connectivity index (χ3n) is 2.31. The highest BCUT2D eigenvalue weighted by Crippen LogP contribution is 2.22. The highest BCUT2D eigenvalue weighted by Gasteiger charge is 2.12. The number of hydrogen-bond donors (Lipinski definition) is 0. The van der Waals surface area contributed by atoms with Crippen molar-refractivity contribution in [1.82, 2.24) is 4.90 Å². The van der Waals surface area contributed by atoms with Gasteiger partial charge in [0.25, 0.3) is 0 Å². The van der Waals surface area contributed by atoms with Gasteiger partial charge >= 0.3 is 0 Å². The molecule has 0 atom stereocenters. The van der Waals surface area contributed by atoms with Crippen molar-refractivity contribution < 1.29 is 0 Å². The Morgan fingerprint density at radius 1 is 1.33 bits per heavy atom. The fraction of sp³-hybridized carbons (Fsp3) is 0.667. The molecule has 15 heavy (non-hydrogen) atoms. The molecule has 0 radical (unpaired) electrons. The lowest BCUT2D eigenvalue weighted by Gasteiger charge is -2.27. The highest BCUT2D eigenvalue weighted by atomic mass is 79.9. The summed E-state index contributed by atoms with van der Waals surface area (Å²) in [7, 11) is 0. The summed E-state index contributed by atoms with van der Waals surface area (Å²) in [5, 5.41) is 2.16. The second kappa shape index (κ2) is 6.02. The first-order valence-corrected chi connectivity index (χ1v) is 7.13. The molecular formula is C12H20BrNS. The van der Waals surface area contributed by atoms with E-state index in [-0.39, 0.29) is 0 Å². The van der Waals surface area contributed by atoms with Crippen LogP contribution in [0.1, 0.15) is 32.6 Å². The van der Waals surface area contributed by atoms with Gasteiger partial charge in [-0.2, -0.15) is 0 Å². The van der Waals surface area contributed by atoms with Gasteiger partial charge in [0.1, 0.15) is 0 Å². The van der Waals surface area contributed by atoms with Crippen molar-refractivity contribution in [3.05, 3.63) is 20.8 Å². The summed E-state index contributed by atoms with van der Waals surface area (Å²) in [5.41, 5.74) is 0. The molecule has 0 bridgehead atoms. The molecule has 0 spiro atoms. The maximum absolute atomic E-state index is 3.50. The molecule has 0 fully saturated rings. The van der Waals surface area contributed by atoms with Gasteiger partial charge in [-0.05, 0) is 41.8 Å². The Morgan fingerprint density at radius 3 is 2.40 bits per heavy atom. The number of thiophene rings is 1. The Bertz CT molecular complexity index is 294. The minimum absolute atomic E-state index is 0.619. The Morgan fingerprint density at radius 2 is 2.00 bits per heavy atom. The fourth-order valence-corrected chi connectivity index (χ4v) is 3.04. The standard InChI is InChI=1S/C12H20BrNS/c1-9(2)6-14(10(3)4)7-12-5-11(13)8-15-12/h5,8-10H,6-7H2,1-4H3. The van der Waals surface area contributed by atoms with Gasteiger partial charge in [0.05, 0.1) is 0 Å². The van der Waals surface area contributed by atoms with Crippen molar-refractivity contribution in [2.75, 3.05) is 6.54 Å². The summed E-state index contributed by atoms with van der Waals surface area (Å²) in [6.07, 6.45) is 0. The van der Waals surface area contributed by atoms with Crippen molar-refractivity contribution >= 4 is 27.3 Å². The molecule has 0 unspecified atom stereocenters. The van der Waals surface area contributed by atoms with Crippen LogP contribution >= 0.6 is 27.3 Å². The molecule has 0 saturated carbocycles. The molecule has 1 aromatic heterocycles. The van der Waals surface area contributed by atoms with Crippen molar-refractivity contribution in [1.29, 1.82) is 0 Å². The van der Waals surface area contributed by atoms with Crippen LogP contribution in [0.5, 0.6) is 0 Å². The SMILES string of the molecule is CC(C)CN(Cc1cc(Br)cs1)C(C)C. The quantitative estimate of drug-likeness (QED) is 0.778. The molecule has 1 aromatic rings. The summed E-state index contributed by atoms with van der Waals surface area (Å²) < 4.78 is 1.20. The van der Waals surface area contributed by atoms with E-state index in [0.29, 0.717) is 6.04 Å². The zero-order valence-corrected chi connectivity index (χ0v) is 12.4. The zero-order valence-electron chi connectivity index (χ0n) is 9.96. The molecular weight excluding hydrogens is 270 g/mol. The number of halogens is 1. The molecule has 1 nitrogen and oxygen atoms in total. The summed E-state index contributed by atoms with van der Waals surface area (Å²) in [5.74, 6) is 0.732. The number of hydrogen-bond acceptors (Lipinski definition) is 2. The minimum Gasteiger partial charge on any atom is -0.296 e. The first-order valence-electron chi connectivity index (χ1n) is 5.46. The van der Waals surface area contributed by atoms with E-state index in [4.69, 9.17) is 0 Å². The summed E-state index contributed by atoms with van der Waals surface area (Å²) in [6.45, 7) is 11.3. The first kappa shape index (κ1) is 13.2. The van der Waals surface area contributed by atoms with Gasteiger partial charge in [-0.15, -0.1) is 11.3 Å². The molecule has 0 aliphatic carbocycles. The molecule has 86 valence electrons. The summed E-state index contributed by atoms with van der Waals surface area (Å²) in [4.78, 5) is 3.97. The highest BCUT2D eigenvalue weighted by molar-refractivity contribution is 9.10. The van der Waals surface area contributed by atoms with Crippen LogP contribution in [0.25, 0.3) is 0 Å². The van der Waals surface area contributed by atoms with E-state index in [0.717, 1.165) is 12.5 Å². The molecule has 1 rings (SSSR count). The average molecular weight is 290 g/mol. The molecule has 0 aliphatic rings. The average Bonchev–Trinajstić information content (AvgIpc) is 2.49. The number of rotatable bonds is 5. The van der Waals surface area contributed by atoms with Crippen LogP contribution in [0, 0.1) is 5.92 Å². The zero-order chi connectivity index (χ0) is 11.4. The van der Waals surface area contributed by atoms with E-state index in [1.807, 2.05) is 11.3 Å². The predicted molar refractivity (Wildman–Crippen MR) is 72.4 cm³/mol. The van der Waals surface area contributed by atoms with E-state index >= 15 is 0 Å². The van der Waals surface area contributed by atoms with Gasteiger partial charge in [0.2, 0.25) is 0 Å². The van der Waals surface area contributed by atoms with E-state index < -0.39 is 0 Å². The topological polar surface area (TPSA) is 3.24 Å². The van der Waals surface area contributed by atoms with Crippen LogP contribution in [0.2, 0.25) is 0 Å². The van der Waals surface area contributed by atoms with E-state index in [9.17, 15) is 0 Å². The Kier molecular flexibility index (Phi) is 5.30. The Labute approximate surface area is 106 Å². The van der Waals surface area contributed by atoms with Crippen LogP contribution in [0.15, 0.2) is 15.9 Å². The van der Waals surface area contributed by atoms with Crippen molar-refractivity contribution in [2.24, 2.45) is 5.92 Å². The van der Waals surface area contributed by atoms with Crippen LogP contribution in [0.4, 0.5) is 0 Å². The predicted octanol–water partition coefficient (Wildman–Crippen LogP) is 4.38. The van der Waals surface area contributed by atoms with Crippen LogP contribution in [-0.2, 0) is 6.54 Å². The van der Waals surface area contributed by atoms with Gasteiger partial charge < -0.3 is 0 Å². The lowest BCUT2D eigenvalue weighted by atomic mass is 10.2. The van der Waals surface area contributed by atoms with Crippen LogP contribution in [-0.4, -0.2) is 17.5 Å².